The van der Waals surface area contributed by atoms with Crippen LogP contribution >= 0.6 is 0 Å². The lowest BCUT2D eigenvalue weighted by atomic mass is 10.2. The minimum Gasteiger partial charge on any atom is -0.398 e. The first kappa shape index (κ1) is 15.2. The summed E-state index contributed by atoms with van der Waals surface area (Å²) in [6, 6.07) is 5.32. The van der Waals surface area contributed by atoms with Gasteiger partial charge in [-0.2, -0.15) is 0 Å². The number of nitrogen functional groups attached to an aromatic ring is 1. The van der Waals surface area contributed by atoms with Gasteiger partial charge < -0.3 is 5.73 Å². The summed E-state index contributed by atoms with van der Waals surface area (Å²) < 4.78 is 65.2. The molecular weight excluding hydrogens is 305 g/mol. The summed E-state index contributed by atoms with van der Waals surface area (Å²) >= 11 is 0. The van der Waals surface area contributed by atoms with Crippen molar-refractivity contribution in [2.24, 2.45) is 0 Å². The molecule has 0 aromatic heterocycles. The first-order valence-corrected chi connectivity index (χ1v) is 7.22. The Morgan fingerprint density at radius 1 is 1.05 bits per heavy atom. The van der Waals surface area contributed by atoms with Crippen LogP contribution in [-0.2, 0) is 10.0 Å². The van der Waals surface area contributed by atoms with Crippen LogP contribution < -0.4 is 10.5 Å². The van der Waals surface area contributed by atoms with Gasteiger partial charge in [-0.05, 0) is 24.6 Å². The van der Waals surface area contributed by atoms with Crippen molar-refractivity contribution in [3.63, 3.8) is 0 Å². The van der Waals surface area contributed by atoms with Crippen LogP contribution in [0.25, 0.3) is 0 Å². The molecule has 0 heterocycles. The Hall–Kier alpha value is -2.22. The Labute approximate surface area is 119 Å². The Kier molecular flexibility index (Phi) is 3.82. The van der Waals surface area contributed by atoms with Crippen LogP contribution in [0.1, 0.15) is 5.56 Å². The summed E-state index contributed by atoms with van der Waals surface area (Å²) in [4.78, 5) is -0.238. The van der Waals surface area contributed by atoms with Gasteiger partial charge in [0.2, 0.25) is 0 Å². The Morgan fingerprint density at radius 3 is 2.14 bits per heavy atom. The van der Waals surface area contributed by atoms with E-state index in [4.69, 9.17) is 5.73 Å². The molecule has 2 aromatic rings. The molecular formula is C13H11F3N2O2S. The van der Waals surface area contributed by atoms with Crippen molar-refractivity contribution in [2.75, 3.05) is 10.5 Å². The molecule has 0 bridgehead atoms. The van der Waals surface area contributed by atoms with Crippen LogP contribution in [0, 0.1) is 24.4 Å². The molecule has 2 rings (SSSR count). The first-order valence-electron chi connectivity index (χ1n) is 5.74. The second kappa shape index (κ2) is 5.28. The monoisotopic (exact) mass is 316 g/mol. The quantitative estimate of drug-likeness (QED) is 0.675. The molecule has 0 fully saturated rings. The maximum atomic E-state index is 13.1. The van der Waals surface area contributed by atoms with Crippen molar-refractivity contribution in [1.82, 2.24) is 0 Å². The number of benzene rings is 2. The van der Waals surface area contributed by atoms with E-state index < -0.39 is 33.2 Å². The zero-order valence-corrected chi connectivity index (χ0v) is 11.6. The van der Waals surface area contributed by atoms with Crippen LogP contribution in [0.2, 0.25) is 0 Å². The largest absolute Gasteiger partial charge is 0.398 e. The third-order valence-electron chi connectivity index (χ3n) is 2.69. The molecule has 0 aliphatic rings. The van der Waals surface area contributed by atoms with E-state index in [0.29, 0.717) is 12.1 Å². The van der Waals surface area contributed by atoms with E-state index in [1.807, 2.05) is 4.72 Å². The van der Waals surface area contributed by atoms with Gasteiger partial charge in [-0.15, -0.1) is 0 Å². The molecule has 112 valence electrons. The zero-order chi connectivity index (χ0) is 15.8. The number of aryl methyl sites for hydroxylation is 1. The lowest BCUT2D eigenvalue weighted by molar-refractivity contribution is 0.448. The van der Waals surface area contributed by atoms with Gasteiger partial charge in [-0.25, -0.2) is 21.6 Å². The molecule has 0 saturated carbocycles. The number of nitrogens with one attached hydrogen (secondary N) is 1. The van der Waals surface area contributed by atoms with Crippen LogP contribution in [0.3, 0.4) is 0 Å². The summed E-state index contributed by atoms with van der Waals surface area (Å²) in [6.45, 7) is 1.73. The Balaban J connectivity index is 2.42. The second-order valence-corrected chi connectivity index (χ2v) is 6.05. The Morgan fingerprint density at radius 2 is 1.62 bits per heavy atom. The molecule has 2 aromatic carbocycles. The van der Waals surface area contributed by atoms with E-state index in [0.717, 1.165) is 5.56 Å². The highest BCUT2D eigenvalue weighted by Gasteiger charge is 2.19. The van der Waals surface area contributed by atoms with E-state index in [1.165, 1.54) is 18.2 Å². The van der Waals surface area contributed by atoms with Crippen LogP contribution in [0.4, 0.5) is 24.5 Å². The van der Waals surface area contributed by atoms with Crippen LogP contribution in [-0.4, -0.2) is 8.42 Å². The fraction of sp³-hybridized carbons (Fsp3) is 0.0769. The van der Waals surface area contributed by atoms with Crippen LogP contribution in [0.5, 0.6) is 0 Å². The molecule has 0 unspecified atom stereocenters. The van der Waals surface area contributed by atoms with Gasteiger partial charge in [0.25, 0.3) is 10.0 Å². The highest BCUT2D eigenvalue weighted by Crippen LogP contribution is 2.24. The molecule has 0 spiro atoms. The summed E-state index contributed by atoms with van der Waals surface area (Å²) in [5.41, 5.74) is 5.93. The van der Waals surface area contributed by atoms with E-state index >= 15 is 0 Å². The molecule has 3 N–H and O–H groups in total. The third kappa shape index (κ3) is 3.10. The van der Waals surface area contributed by atoms with Gasteiger partial charge in [-0.1, -0.05) is 6.07 Å². The van der Waals surface area contributed by atoms with E-state index in [2.05, 4.69) is 0 Å². The van der Waals surface area contributed by atoms with Crippen molar-refractivity contribution in [3.05, 3.63) is 53.3 Å². The summed E-state index contributed by atoms with van der Waals surface area (Å²) in [7, 11) is -4.14. The van der Waals surface area contributed by atoms with Gasteiger partial charge in [0.1, 0.15) is 4.90 Å². The normalized spacial score (nSPS) is 11.4. The minimum atomic E-state index is -4.14. The Bertz CT molecular complexity index is 784. The number of halogens is 3. The molecule has 0 saturated heterocycles. The van der Waals surface area contributed by atoms with Crippen molar-refractivity contribution < 1.29 is 21.6 Å². The second-order valence-electron chi connectivity index (χ2n) is 4.40. The molecule has 0 radical (unpaired) electrons. The number of nitrogens with two attached hydrogens (primary N) is 1. The lowest BCUT2D eigenvalue weighted by Crippen LogP contribution is -2.15. The minimum absolute atomic E-state index is 0.00874. The predicted octanol–water partition coefficient (Wildman–Crippen LogP) is 2.80. The fourth-order valence-electron chi connectivity index (χ4n) is 1.74. The fourth-order valence-corrected chi connectivity index (χ4v) is 2.89. The van der Waals surface area contributed by atoms with Crippen molar-refractivity contribution in [3.8, 4) is 0 Å². The number of rotatable bonds is 3. The predicted molar refractivity (Wildman–Crippen MR) is 72.7 cm³/mol. The lowest BCUT2D eigenvalue weighted by Gasteiger charge is -2.11. The molecule has 0 aliphatic carbocycles. The highest BCUT2D eigenvalue weighted by atomic mass is 32.2. The molecule has 8 heteroatoms. The van der Waals surface area contributed by atoms with E-state index in [-0.39, 0.29) is 10.6 Å². The van der Waals surface area contributed by atoms with Crippen molar-refractivity contribution in [2.45, 2.75) is 11.8 Å². The average Bonchev–Trinajstić information content (AvgIpc) is 2.34. The maximum Gasteiger partial charge on any atom is 0.263 e. The smallest absolute Gasteiger partial charge is 0.263 e. The summed E-state index contributed by atoms with van der Waals surface area (Å²) in [5, 5.41) is 0. The van der Waals surface area contributed by atoms with Gasteiger partial charge in [0, 0.05) is 12.1 Å². The first-order chi connectivity index (χ1) is 9.70. The van der Waals surface area contributed by atoms with Crippen molar-refractivity contribution >= 4 is 21.4 Å². The zero-order valence-electron chi connectivity index (χ0n) is 10.8. The van der Waals surface area contributed by atoms with Gasteiger partial charge in [-0.3, -0.25) is 4.72 Å². The third-order valence-corrected chi connectivity index (χ3v) is 4.15. The van der Waals surface area contributed by atoms with Gasteiger partial charge in [0.15, 0.2) is 17.5 Å². The molecule has 0 amide bonds. The number of anilines is 2. The highest BCUT2D eigenvalue weighted by molar-refractivity contribution is 7.92. The summed E-state index contributed by atoms with van der Waals surface area (Å²) in [6.07, 6.45) is 0. The van der Waals surface area contributed by atoms with Gasteiger partial charge in [0.05, 0.1) is 11.4 Å². The average molecular weight is 316 g/mol. The SMILES string of the molecule is Cc1ccc(S(=O)(=O)Nc2cc(F)c(F)c(F)c2)c(N)c1. The molecule has 21 heavy (non-hydrogen) atoms. The topological polar surface area (TPSA) is 72.2 Å². The number of hydrogen-bond donors (Lipinski definition) is 2. The number of sulfonamides is 1. The molecule has 4 nitrogen and oxygen atoms in total. The van der Waals surface area contributed by atoms with E-state index in [9.17, 15) is 21.6 Å². The van der Waals surface area contributed by atoms with Gasteiger partial charge >= 0.3 is 0 Å². The summed E-state index contributed by atoms with van der Waals surface area (Å²) in [5.74, 6) is -4.66. The van der Waals surface area contributed by atoms with Crippen LogP contribution in [0.15, 0.2) is 35.2 Å². The molecule has 0 aliphatic heterocycles. The van der Waals surface area contributed by atoms with E-state index in [1.54, 1.807) is 6.92 Å². The number of hydrogen-bond acceptors (Lipinski definition) is 3. The standard InChI is InChI=1S/C13H11F3N2O2S/c1-7-2-3-12(11(17)4-7)21(19,20)18-8-5-9(14)13(16)10(15)6-8/h2-6,18H,17H2,1H3. The van der Waals surface area contributed by atoms with Crippen molar-refractivity contribution in [1.29, 1.82) is 0 Å². The maximum absolute atomic E-state index is 13.1. The molecule has 0 atom stereocenters.